The number of halogens is 1. The fourth-order valence-electron chi connectivity index (χ4n) is 2.37. The predicted octanol–water partition coefficient (Wildman–Crippen LogP) is 1.54. The van der Waals surface area contributed by atoms with Gasteiger partial charge in [0.1, 0.15) is 0 Å². The molecular formula is C9H15ClO2. The zero-order valence-electron chi connectivity index (χ0n) is 7.46. The summed E-state index contributed by atoms with van der Waals surface area (Å²) >= 11 is 6.24. The molecule has 0 aromatic rings. The van der Waals surface area contributed by atoms with E-state index in [1.54, 1.807) is 0 Å². The van der Waals surface area contributed by atoms with Crippen LogP contribution in [0.15, 0.2) is 0 Å². The Morgan fingerprint density at radius 3 is 2.83 bits per heavy atom. The molecule has 2 nitrogen and oxygen atoms in total. The summed E-state index contributed by atoms with van der Waals surface area (Å²) in [7, 11) is 0. The highest BCUT2D eigenvalue weighted by Gasteiger charge is 2.53. The molecule has 2 bridgehead atoms. The third kappa shape index (κ3) is 1.02. The van der Waals surface area contributed by atoms with Gasteiger partial charge in [-0.2, -0.15) is 0 Å². The molecule has 2 saturated heterocycles. The molecule has 5 atom stereocenters. The summed E-state index contributed by atoms with van der Waals surface area (Å²) in [6.07, 6.45) is 1.90. The first-order chi connectivity index (χ1) is 5.53. The van der Waals surface area contributed by atoms with E-state index in [2.05, 4.69) is 0 Å². The van der Waals surface area contributed by atoms with Crippen molar-refractivity contribution in [1.29, 1.82) is 0 Å². The van der Waals surface area contributed by atoms with Crippen molar-refractivity contribution in [1.82, 2.24) is 0 Å². The van der Waals surface area contributed by atoms with Crippen LogP contribution in [0.1, 0.15) is 26.7 Å². The number of fused-ring (bicyclic) bond motifs is 2. The Balaban J connectivity index is 2.26. The van der Waals surface area contributed by atoms with Gasteiger partial charge in [-0.05, 0) is 19.8 Å². The Morgan fingerprint density at radius 2 is 2.17 bits per heavy atom. The highest BCUT2D eigenvalue weighted by atomic mass is 35.5. The van der Waals surface area contributed by atoms with Crippen LogP contribution in [0, 0.1) is 5.92 Å². The lowest BCUT2D eigenvalue weighted by molar-refractivity contribution is -0.114. The predicted molar refractivity (Wildman–Crippen MR) is 47.3 cm³/mol. The second-order valence-corrected chi connectivity index (χ2v) is 5.01. The maximum atomic E-state index is 9.87. The van der Waals surface area contributed by atoms with E-state index in [9.17, 15) is 5.11 Å². The Kier molecular flexibility index (Phi) is 1.90. The van der Waals surface area contributed by atoms with Crippen molar-refractivity contribution in [3.63, 3.8) is 0 Å². The third-order valence-electron chi connectivity index (χ3n) is 3.34. The van der Waals surface area contributed by atoms with Crippen LogP contribution in [0.5, 0.6) is 0 Å². The molecule has 2 fully saturated rings. The van der Waals surface area contributed by atoms with Crippen LogP contribution in [0.3, 0.4) is 0 Å². The molecule has 2 aliphatic heterocycles. The minimum absolute atomic E-state index is 0.0513. The van der Waals surface area contributed by atoms with E-state index in [-0.39, 0.29) is 18.1 Å². The molecule has 0 unspecified atom stereocenters. The number of alkyl halides is 1. The minimum Gasteiger partial charge on any atom is -0.391 e. The standard InChI is InChI=1S/C9H15ClO2/c1-5-6-3-4-7(12-6)9(2,10)8(5)11/h5-8,11H,3-4H2,1-2H3/t5-,6+,7-,8+,9+/m0/s1. The average Bonchev–Trinajstić information content (AvgIpc) is 2.46. The Hall–Kier alpha value is 0.210. The highest BCUT2D eigenvalue weighted by Crippen LogP contribution is 2.45. The van der Waals surface area contributed by atoms with Crippen LogP contribution in [0.4, 0.5) is 0 Å². The van der Waals surface area contributed by atoms with Crippen molar-refractivity contribution in [2.45, 2.75) is 49.9 Å². The molecule has 2 aliphatic rings. The maximum Gasteiger partial charge on any atom is 0.0940 e. The van der Waals surface area contributed by atoms with Gasteiger partial charge < -0.3 is 9.84 Å². The quantitative estimate of drug-likeness (QED) is 0.588. The van der Waals surface area contributed by atoms with E-state index in [1.165, 1.54) is 0 Å². The van der Waals surface area contributed by atoms with Gasteiger partial charge in [0.25, 0.3) is 0 Å². The summed E-state index contributed by atoms with van der Waals surface area (Å²) in [5, 5.41) is 9.87. The molecule has 70 valence electrons. The molecule has 0 amide bonds. The van der Waals surface area contributed by atoms with Crippen molar-refractivity contribution in [2.24, 2.45) is 5.92 Å². The first-order valence-corrected chi connectivity index (χ1v) is 4.93. The molecule has 12 heavy (non-hydrogen) atoms. The summed E-state index contributed by atoms with van der Waals surface area (Å²) in [4.78, 5) is -0.577. The van der Waals surface area contributed by atoms with Gasteiger partial charge in [-0.15, -0.1) is 11.6 Å². The van der Waals surface area contributed by atoms with Gasteiger partial charge in [0.2, 0.25) is 0 Å². The van der Waals surface area contributed by atoms with Gasteiger partial charge >= 0.3 is 0 Å². The number of aliphatic hydroxyl groups is 1. The lowest BCUT2D eigenvalue weighted by atomic mass is 9.86. The number of rotatable bonds is 0. The lowest BCUT2D eigenvalue weighted by Gasteiger charge is -2.42. The van der Waals surface area contributed by atoms with Gasteiger partial charge in [-0.25, -0.2) is 0 Å². The van der Waals surface area contributed by atoms with Gasteiger partial charge in [-0.1, -0.05) is 6.92 Å². The molecule has 0 aromatic heterocycles. The zero-order valence-corrected chi connectivity index (χ0v) is 8.21. The van der Waals surface area contributed by atoms with E-state index in [0.717, 1.165) is 12.8 Å². The fraction of sp³-hybridized carbons (Fsp3) is 1.00. The Morgan fingerprint density at radius 1 is 1.50 bits per heavy atom. The first-order valence-electron chi connectivity index (χ1n) is 4.56. The highest BCUT2D eigenvalue weighted by molar-refractivity contribution is 6.24. The monoisotopic (exact) mass is 190 g/mol. The molecule has 0 spiro atoms. The second kappa shape index (κ2) is 2.60. The number of ether oxygens (including phenoxy) is 1. The molecule has 2 heterocycles. The van der Waals surface area contributed by atoms with E-state index in [0.29, 0.717) is 0 Å². The van der Waals surface area contributed by atoms with Gasteiger partial charge in [0.05, 0.1) is 23.2 Å². The van der Waals surface area contributed by atoms with Crippen LogP contribution >= 0.6 is 11.6 Å². The van der Waals surface area contributed by atoms with E-state index in [1.807, 2.05) is 13.8 Å². The minimum atomic E-state index is -0.577. The Bertz CT molecular complexity index is 193. The molecule has 1 N–H and O–H groups in total. The summed E-state index contributed by atoms with van der Waals surface area (Å²) in [6.45, 7) is 3.89. The molecule has 0 aliphatic carbocycles. The van der Waals surface area contributed by atoms with Crippen LogP contribution in [-0.4, -0.2) is 28.3 Å². The van der Waals surface area contributed by atoms with Crippen molar-refractivity contribution >= 4 is 11.6 Å². The number of hydrogen-bond donors (Lipinski definition) is 1. The lowest BCUT2D eigenvalue weighted by Crippen LogP contribution is -2.54. The van der Waals surface area contributed by atoms with Gasteiger partial charge in [0.15, 0.2) is 0 Å². The molecular weight excluding hydrogens is 176 g/mol. The van der Waals surface area contributed by atoms with Gasteiger partial charge in [-0.3, -0.25) is 0 Å². The fourth-order valence-corrected chi connectivity index (χ4v) is 2.73. The third-order valence-corrected chi connectivity index (χ3v) is 3.81. The SMILES string of the molecule is C[C@@H]1[C@@H](O)[C@](C)(Cl)[C@@H]2CC[C@H]1O2. The van der Waals surface area contributed by atoms with Crippen LogP contribution in [-0.2, 0) is 4.74 Å². The van der Waals surface area contributed by atoms with E-state index < -0.39 is 11.0 Å². The number of hydrogen-bond acceptors (Lipinski definition) is 2. The zero-order chi connectivity index (χ0) is 8.93. The molecule has 0 radical (unpaired) electrons. The summed E-state index contributed by atoms with van der Waals surface area (Å²) in [6, 6.07) is 0. The van der Waals surface area contributed by atoms with Crippen LogP contribution in [0.2, 0.25) is 0 Å². The van der Waals surface area contributed by atoms with E-state index in [4.69, 9.17) is 16.3 Å². The summed E-state index contributed by atoms with van der Waals surface area (Å²) in [5.41, 5.74) is 0. The van der Waals surface area contributed by atoms with Crippen molar-refractivity contribution < 1.29 is 9.84 Å². The second-order valence-electron chi connectivity index (χ2n) is 4.20. The average molecular weight is 191 g/mol. The van der Waals surface area contributed by atoms with E-state index >= 15 is 0 Å². The molecule has 0 aromatic carbocycles. The molecule has 0 saturated carbocycles. The van der Waals surface area contributed by atoms with Crippen molar-refractivity contribution in [3.05, 3.63) is 0 Å². The summed E-state index contributed by atoms with van der Waals surface area (Å²) < 4.78 is 5.70. The largest absolute Gasteiger partial charge is 0.391 e. The first kappa shape index (κ1) is 8.79. The van der Waals surface area contributed by atoms with Crippen molar-refractivity contribution in [3.8, 4) is 0 Å². The molecule has 3 heteroatoms. The Labute approximate surface area is 77.9 Å². The van der Waals surface area contributed by atoms with Crippen molar-refractivity contribution in [2.75, 3.05) is 0 Å². The van der Waals surface area contributed by atoms with Gasteiger partial charge in [0, 0.05) is 5.92 Å². The van der Waals surface area contributed by atoms with Crippen LogP contribution < -0.4 is 0 Å². The van der Waals surface area contributed by atoms with Crippen LogP contribution in [0.25, 0.3) is 0 Å². The molecule has 2 rings (SSSR count). The smallest absolute Gasteiger partial charge is 0.0940 e. The maximum absolute atomic E-state index is 9.87. The number of aliphatic hydroxyl groups excluding tert-OH is 1. The normalized spacial score (nSPS) is 59.0. The topological polar surface area (TPSA) is 29.5 Å². The summed E-state index contributed by atoms with van der Waals surface area (Å²) in [5.74, 6) is 0.172.